The Morgan fingerprint density at radius 1 is 1.08 bits per heavy atom. The van der Waals surface area contributed by atoms with Crippen LogP contribution in [0.5, 0.6) is 0 Å². The van der Waals surface area contributed by atoms with Crippen molar-refractivity contribution in [2.45, 2.75) is 168 Å². The summed E-state index contributed by atoms with van der Waals surface area (Å²) in [6, 6.07) is 0. The van der Waals surface area contributed by atoms with Crippen molar-refractivity contribution >= 4 is 12.1 Å². The number of carbonyl (C=O) groups excluding carboxylic acids is 2. The standard InChI is InChI=1S/C47H77NO14/c1-14-17-35-29(7)38(59-39-23-34(49)44(32(10)58-39)61-46(48)54)24-47(57-13,62-35)31(9)42(52)30(8)43-36(55-11)19-16-18-25(3)20-27(5)40(50)33(15-2)41(51)28(6)21-26(4)22-37(56-12)45(53)60-43/h14,16-19,21-22,27-36,38-44,49-52H,15,20,23-24H2,1-13H3,(H2,48,54)/b17-14+,19-16+,25-18+,26-21+,37-22-/t27-,28-,29-,30+,31+,32-,33+,34-,35-,36+,38-,39+,40+,41-,42-,43-,44-,47-/m1/s1. The van der Waals surface area contributed by atoms with Crippen LogP contribution in [-0.4, -0.2) is 127 Å². The quantitative estimate of drug-likeness (QED) is 0.119. The number of primary amides is 1. The molecule has 15 nitrogen and oxygen atoms in total. The number of amides is 1. The fourth-order valence-electron chi connectivity index (χ4n) is 9.24. The van der Waals surface area contributed by atoms with E-state index in [0.717, 1.165) is 5.57 Å². The molecule has 1 amide bonds. The number of aliphatic hydroxyl groups excluding tert-OH is 4. The predicted octanol–water partition coefficient (Wildman–Crippen LogP) is 5.64. The molecule has 0 saturated carbocycles. The second-order valence-electron chi connectivity index (χ2n) is 17.7. The summed E-state index contributed by atoms with van der Waals surface area (Å²) in [6.07, 6.45) is 3.48. The maximum Gasteiger partial charge on any atom is 0.404 e. The highest BCUT2D eigenvalue weighted by atomic mass is 16.7. The van der Waals surface area contributed by atoms with E-state index in [1.54, 1.807) is 39.8 Å². The molecule has 3 rings (SSSR count). The van der Waals surface area contributed by atoms with Crippen LogP contribution in [0.25, 0.3) is 0 Å². The van der Waals surface area contributed by atoms with Gasteiger partial charge in [-0.25, -0.2) is 9.59 Å². The number of aliphatic hydroxyl groups is 4. The van der Waals surface area contributed by atoms with Gasteiger partial charge >= 0.3 is 12.1 Å². The largest absolute Gasteiger partial charge is 0.490 e. The molecule has 354 valence electrons. The summed E-state index contributed by atoms with van der Waals surface area (Å²) in [5, 5.41) is 46.0. The minimum absolute atomic E-state index is 0.0119. The molecule has 0 aliphatic carbocycles. The van der Waals surface area contributed by atoms with E-state index in [-0.39, 0.29) is 42.3 Å². The number of hydrogen-bond donors (Lipinski definition) is 5. The average molecular weight is 880 g/mol. The normalized spacial score (nSPS) is 41.7. The van der Waals surface area contributed by atoms with Crippen LogP contribution in [0.3, 0.4) is 0 Å². The van der Waals surface area contributed by atoms with Crippen molar-refractivity contribution < 1.29 is 67.9 Å². The zero-order chi connectivity index (χ0) is 46.6. The second-order valence-corrected chi connectivity index (χ2v) is 17.7. The fourth-order valence-corrected chi connectivity index (χ4v) is 9.24. The third kappa shape index (κ3) is 13.5. The monoisotopic (exact) mass is 880 g/mol. The van der Waals surface area contributed by atoms with Gasteiger partial charge in [-0.3, -0.25) is 0 Å². The summed E-state index contributed by atoms with van der Waals surface area (Å²) in [5.74, 6) is -4.96. The lowest BCUT2D eigenvalue weighted by atomic mass is 9.77. The SMILES string of the molecule is C/C=C/[C@H]1O[C@@](OC)([C@@H](C)[C@H](O)[C@H](C)[C@H]2OC(=O)/C(OC)=C/C(C)=C/[C@@H](C)[C@@H](O)[C@@H](CC)[C@@H](O)[C@H](C)C/C(C)=C/C=C/[C@@H]2OC)C[C@@H](O[C@H]2C[C@@H](O)[C@H](OC(N)=O)[C@@H](C)O2)[C@@H]1C. The van der Waals surface area contributed by atoms with Crippen molar-refractivity contribution in [1.82, 2.24) is 0 Å². The molecule has 62 heavy (non-hydrogen) atoms. The number of allylic oxidation sites excluding steroid dienone is 6. The molecular weight excluding hydrogens is 803 g/mol. The van der Waals surface area contributed by atoms with Gasteiger partial charge in [-0.1, -0.05) is 89.1 Å². The molecule has 3 aliphatic rings. The Morgan fingerprint density at radius 3 is 2.32 bits per heavy atom. The number of nitrogens with two attached hydrogens (primary N) is 1. The maximum absolute atomic E-state index is 14.0. The molecule has 3 heterocycles. The van der Waals surface area contributed by atoms with Gasteiger partial charge in [0.05, 0.1) is 49.8 Å². The lowest BCUT2D eigenvalue weighted by Crippen LogP contribution is -2.60. The lowest BCUT2D eigenvalue weighted by Gasteiger charge is -2.51. The summed E-state index contributed by atoms with van der Waals surface area (Å²) >= 11 is 0. The molecule has 0 aromatic heterocycles. The molecule has 18 atom stereocenters. The highest BCUT2D eigenvalue weighted by Crippen LogP contribution is 2.44. The molecule has 0 bridgehead atoms. The number of ether oxygens (including phenoxy) is 8. The van der Waals surface area contributed by atoms with Gasteiger partial charge in [-0.15, -0.1) is 0 Å². The van der Waals surface area contributed by atoms with Gasteiger partial charge in [0, 0.05) is 56.7 Å². The van der Waals surface area contributed by atoms with Crippen LogP contribution in [0.4, 0.5) is 4.79 Å². The smallest absolute Gasteiger partial charge is 0.404 e. The first-order valence-corrected chi connectivity index (χ1v) is 22.1. The van der Waals surface area contributed by atoms with Gasteiger partial charge in [-0.2, -0.15) is 0 Å². The van der Waals surface area contributed by atoms with Gasteiger partial charge in [0.2, 0.25) is 5.76 Å². The summed E-state index contributed by atoms with van der Waals surface area (Å²) < 4.78 is 48.4. The predicted molar refractivity (Wildman–Crippen MR) is 233 cm³/mol. The van der Waals surface area contributed by atoms with Crippen LogP contribution in [0.15, 0.2) is 59.4 Å². The van der Waals surface area contributed by atoms with Crippen molar-refractivity contribution in [3.63, 3.8) is 0 Å². The third-order valence-corrected chi connectivity index (χ3v) is 13.1. The maximum atomic E-state index is 14.0. The summed E-state index contributed by atoms with van der Waals surface area (Å²) in [5.41, 5.74) is 6.85. The number of esters is 1. The van der Waals surface area contributed by atoms with Crippen molar-refractivity contribution in [3.8, 4) is 0 Å². The minimum Gasteiger partial charge on any atom is -0.490 e. The molecule has 2 saturated heterocycles. The molecule has 0 unspecified atom stereocenters. The van der Waals surface area contributed by atoms with Gasteiger partial charge in [-0.05, 0) is 52.5 Å². The number of hydrogen-bond acceptors (Lipinski definition) is 14. The summed E-state index contributed by atoms with van der Waals surface area (Å²) in [4.78, 5) is 25.5. The first-order chi connectivity index (χ1) is 29.2. The Labute approximate surface area is 369 Å². The van der Waals surface area contributed by atoms with E-state index in [1.165, 1.54) is 21.3 Å². The Hall–Kier alpha value is -3.12. The van der Waals surface area contributed by atoms with Crippen LogP contribution in [-0.2, 0) is 42.7 Å². The topological polar surface area (TPSA) is 215 Å². The Kier molecular flexibility index (Phi) is 20.8. The van der Waals surface area contributed by atoms with E-state index in [0.29, 0.717) is 18.4 Å². The molecule has 0 aromatic rings. The molecule has 0 aromatic carbocycles. The third-order valence-electron chi connectivity index (χ3n) is 13.1. The minimum atomic E-state index is -1.43. The van der Waals surface area contributed by atoms with Gasteiger partial charge < -0.3 is 64.1 Å². The first-order valence-electron chi connectivity index (χ1n) is 22.1. The van der Waals surface area contributed by atoms with Crippen molar-refractivity contribution in [2.75, 3.05) is 21.3 Å². The lowest BCUT2D eigenvalue weighted by molar-refractivity contribution is -0.346. The second kappa shape index (κ2) is 24.2. The molecule has 6 N–H and O–H groups in total. The molecular formula is C47H77NO14. The number of rotatable bonds is 12. The van der Waals surface area contributed by atoms with Crippen LogP contribution < -0.4 is 5.73 Å². The zero-order valence-electron chi connectivity index (χ0n) is 39.1. The van der Waals surface area contributed by atoms with Gasteiger partial charge in [0.1, 0.15) is 12.2 Å². The average Bonchev–Trinajstić information content (AvgIpc) is 3.22. The summed E-state index contributed by atoms with van der Waals surface area (Å²) in [7, 11) is 4.36. The van der Waals surface area contributed by atoms with Crippen molar-refractivity contribution in [3.05, 3.63) is 59.4 Å². The highest BCUT2D eigenvalue weighted by Gasteiger charge is 2.54. The van der Waals surface area contributed by atoms with E-state index in [2.05, 4.69) is 0 Å². The highest BCUT2D eigenvalue weighted by molar-refractivity contribution is 5.87. The van der Waals surface area contributed by atoms with E-state index in [1.807, 2.05) is 71.9 Å². The summed E-state index contributed by atoms with van der Waals surface area (Å²) in [6.45, 7) is 18.6. The van der Waals surface area contributed by atoms with Crippen LogP contribution in [0, 0.1) is 35.5 Å². The number of carbonyl (C=O) groups is 2. The number of cyclic esters (lactones) is 1. The van der Waals surface area contributed by atoms with Crippen molar-refractivity contribution in [2.24, 2.45) is 41.2 Å². The van der Waals surface area contributed by atoms with Crippen LogP contribution >= 0.6 is 0 Å². The Bertz CT molecular complexity index is 1580. The van der Waals surface area contributed by atoms with Crippen LogP contribution in [0.2, 0.25) is 0 Å². The first kappa shape index (κ1) is 53.2. The van der Waals surface area contributed by atoms with E-state index in [9.17, 15) is 30.0 Å². The van der Waals surface area contributed by atoms with Crippen LogP contribution in [0.1, 0.15) is 94.9 Å². The molecule has 0 radical (unpaired) electrons. The fraction of sp³-hybridized carbons (Fsp3) is 0.745. The molecule has 2 fully saturated rings. The van der Waals surface area contributed by atoms with E-state index >= 15 is 0 Å². The van der Waals surface area contributed by atoms with Gasteiger partial charge in [0.25, 0.3) is 0 Å². The Balaban J connectivity index is 2.04. The molecule has 0 spiro atoms. The van der Waals surface area contributed by atoms with E-state index < -0.39 is 97.0 Å². The van der Waals surface area contributed by atoms with Crippen molar-refractivity contribution in [1.29, 1.82) is 0 Å². The molecule has 3 aliphatic heterocycles. The molecule has 15 heteroatoms. The number of methoxy groups -OCH3 is 3. The zero-order valence-corrected chi connectivity index (χ0v) is 39.1. The van der Waals surface area contributed by atoms with Gasteiger partial charge in [0.15, 0.2) is 18.2 Å². The van der Waals surface area contributed by atoms with E-state index in [4.69, 9.17) is 43.6 Å². The Morgan fingerprint density at radius 2 is 1.76 bits per heavy atom.